The quantitative estimate of drug-likeness (QED) is 0.505. The van der Waals surface area contributed by atoms with Crippen molar-refractivity contribution in [1.82, 2.24) is 14.5 Å². The van der Waals surface area contributed by atoms with E-state index >= 15 is 0 Å². The van der Waals surface area contributed by atoms with Gasteiger partial charge in [0.25, 0.3) is 5.56 Å². The fourth-order valence-electron chi connectivity index (χ4n) is 4.40. The van der Waals surface area contributed by atoms with Crippen LogP contribution < -0.4 is 16.2 Å². The Morgan fingerprint density at radius 1 is 1.15 bits per heavy atom. The Hall–Kier alpha value is -3.96. The van der Waals surface area contributed by atoms with Crippen LogP contribution in [0.15, 0.2) is 53.5 Å². The average molecular weight is 442 g/mol. The number of rotatable bonds is 3. The number of nitriles is 1. The van der Waals surface area contributed by atoms with E-state index in [2.05, 4.69) is 4.98 Å². The highest BCUT2D eigenvalue weighted by Crippen LogP contribution is 2.32. The number of piperidine rings is 1. The van der Waals surface area contributed by atoms with Crippen molar-refractivity contribution >= 4 is 16.9 Å². The molecule has 166 valence electrons. The second-order valence-electron chi connectivity index (χ2n) is 8.41. The summed E-state index contributed by atoms with van der Waals surface area (Å²) in [5, 5.41) is 10.1. The van der Waals surface area contributed by atoms with E-state index in [0.29, 0.717) is 41.4 Å². The highest BCUT2D eigenvalue weighted by Gasteiger charge is 2.24. The van der Waals surface area contributed by atoms with E-state index in [0.717, 1.165) is 23.7 Å². The number of H-pyrrole nitrogens is 1. The van der Waals surface area contributed by atoms with Crippen molar-refractivity contribution in [3.8, 4) is 28.5 Å². The van der Waals surface area contributed by atoms with Gasteiger partial charge in [-0.25, -0.2) is 9.37 Å². The summed E-state index contributed by atoms with van der Waals surface area (Å²) in [6.07, 6.45) is 3.46. The minimum atomic E-state index is -0.644. The largest absolute Gasteiger partial charge is 0.361 e. The zero-order valence-electron chi connectivity index (χ0n) is 18.2. The van der Waals surface area contributed by atoms with Crippen LogP contribution in [0.3, 0.4) is 0 Å². The Morgan fingerprint density at radius 2 is 1.91 bits per heavy atom. The maximum atomic E-state index is 14.6. The molecule has 1 aliphatic heterocycles. The van der Waals surface area contributed by atoms with Crippen molar-refractivity contribution in [2.75, 3.05) is 18.0 Å². The molecular weight excluding hydrogens is 419 g/mol. The van der Waals surface area contributed by atoms with Crippen molar-refractivity contribution in [2.24, 2.45) is 12.8 Å². The number of nitrogens with zero attached hydrogens (tertiary/aromatic N) is 4. The molecule has 0 atom stereocenters. The fourth-order valence-corrected chi connectivity index (χ4v) is 4.40. The molecule has 1 saturated heterocycles. The molecule has 4 aromatic rings. The Labute approximate surface area is 189 Å². The zero-order valence-corrected chi connectivity index (χ0v) is 18.2. The predicted molar refractivity (Wildman–Crippen MR) is 126 cm³/mol. The third-order valence-electron chi connectivity index (χ3n) is 6.29. The van der Waals surface area contributed by atoms with Crippen LogP contribution in [0.25, 0.3) is 33.3 Å². The molecule has 1 fully saturated rings. The van der Waals surface area contributed by atoms with Crippen molar-refractivity contribution in [3.63, 3.8) is 0 Å². The Balaban J connectivity index is 1.75. The van der Waals surface area contributed by atoms with Gasteiger partial charge >= 0.3 is 0 Å². The number of hydrogen-bond donors (Lipinski definition) is 2. The summed E-state index contributed by atoms with van der Waals surface area (Å²) in [5.41, 5.74) is 8.67. The number of fused-ring (bicyclic) bond motifs is 1. The van der Waals surface area contributed by atoms with E-state index in [1.54, 1.807) is 17.7 Å². The van der Waals surface area contributed by atoms with Gasteiger partial charge < -0.3 is 15.6 Å². The second kappa shape index (κ2) is 8.19. The molecule has 8 heteroatoms. The van der Waals surface area contributed by atoms with Crippen LogP contribution in [-0.4, -0.2) is 33.7 Å². The van der Waals surface area contributed by atoms with Crippen LogP contribution in [0.1, 0.15) is 18.4 Å². The van der Waals surface area contributed by atoms with Crippen LogP contribution >= 0.6 is 0 Å². The molecule has 0 spiro atoms. The van der Waals surface area contributed by atoms with Crippen LogP contribution in [0.5, 0.6) is 0 Å². The molecule has 0 radical (unpaired) electrons. The number of nitrogens with one attached hydrogen (secondary N) is 1. The van der Waals surface area contributed by atoms with Crippen LogP contribution in [0, 0.1) is 17.1 Å². The summed E-state index contributed by atoms with van der Waals surface area (Å²) in [7, 11) is 1.71. The maximum Gasteiger partial charge on any atom is 0.263 e. The summed E-state index contributed by atoms with van der Waals surface area (Å²) in [4.78, 5) is 23.8. The van der Waals surface area contributed by atoms with Gasteiger partial charge in [0.2, 0.25) is 5.95 Å². The molecule has 0 bridgehead atoms. The highest BCUT2D eigenvalue weighted by atomic mass is 19.1. The van der Waals surface area contributed by atoms with Gasteiger partial charge in [0.05, 0.1) is 16.8 Å². The molecule has 2 aromatic carbocycles. The van der Waals surface area contributed by atoms with E-state index in [-0.39, 0.29) is 17.2 Å². The lowest BCUT2D eigenvalue weighted by molar-refractivity contribution is 0.490. The normalized spacial score (nSPS) is 14.5. The number of nitrogens with two attached hydrogens (primary N) is 1. The summed E-state index contributed by atoms with van der Waals surface area (Å²) in [6, 6.07) is 13.9. The number of aromatic amines is 1. The third kappa shape index (κ3) is 3.66. The number of anilines is 1. The van der Waals surface area contributed by atoms with Gasteiger partial charge in [-0.15, -0.1) is 0 Å². The van der Waals surface area contributed by atoms with E-state index in [1.165, 1.54) is 12.1 Å². The van der Waals surface area contributed by atoms with E-state index in [4.69, 9.17) is 16.0 Å². The molecule has 3 heterocycles. The van der Waals surface area contributed by atoms with Gasteiger partial charge in [-0.2, -0.15) is 5.26 Å². The lowest BCUT2D eigenvalue weighted by Gasteiger charge is -2.32. The first-order chi connectivity index (χ1) is 16.0. The van der Waals surface area contributed by atoms with Crippen LogP contribution in [0.2, 0.25) is 0 Å². The standard InChI is InChI=1S/C25H23FN6O/c1-31-24(33)22(16-4-5-21-15(12-16)6-9-29-21)23(17-2-3-18(14-27)20(26)13-17)30-25(31)32-10-7-19(28)8-11-32/h2-6,9,12-13,19,29H,7-8,10-11,28H2,1H3. The number of halogens is 1. The molecule has 7 nitrogen and oxygen atoms in total. The van der Waals surface area contributed by atoms with E-state index in [1.807, 2.05) is 41.4 Å². The van der Waals surface area contributed by atoms with Gasteiger partial charge in [-0.05, 0) is 54.1 Å². The summed E-state index contributed by atoms with van der Waals surface area (Å²) in [6.45, 7) is 1.38. The smallest absolute Gasteiger partial charge is 0.263 e. The first-order valence-electron chi connectivity index (χ1n) is 10.9. The number of aromatic nitrogens is 3. The fraction of sp³-hybridized carbons (Fsp3) is 0.240. The third-order valence-corrected chi connectivity index (χ3v) is 6.29. The molecule has 33 heavy (non-hydrogen) atoms. The van der Waals surface area contributed by atoms with Crippen LogP contribution in [0.4, 0.5) is 10.3 Å². The second-order valence-corrected chi connectivity index (χ2v) is 8.41. The lowest BCUT2D eigenvalue weighted by Crippen LogP contribution is -2.42. The SMILES string of the molecule is Cn1c(N2CCC(N)CC2)nc(-c2ccc(C#N)c(F)c2)c(-c2ccc3[nH]ccc3c2)c1=O. The van der Waals surface area contributed by atoms with Gasteiger partial charge in [-0.3, -0.25) is 9.36 Å². The number of benzene rings is 2. The maximum absolute atomic E-state index is 14.6. The highest BCUT2D eigenvalue weighted by molar-refractivity contribution is 5.89. The molecule has 0 aliphatic carbocycles. The Kier molecular flexibility index (Phi) is 5.19. The molecule has 2 aromatic heterocycles. The Bertz CT molecular complexity index is 1460. The minimum Gasteiger partial charge on any atom is -0.361 e. The molecule has 3 N–H and O–H groups in total. The van der Waals surface area contributed by atoms with Crippen molar-refractivity contribution in [2.45, 2.75) is 18.9 Å². The number of hydrogen-bond acceptors (Lipinski definition) is 5. The van der Waals surface area contributed by atoms with E-state index in [9.17, 15) is 9.18 Å². The molecule has 0 unspecified atom stereocenters. The predicted octanol–water partition coefficient (Wildman–Crippen LogP) is 3.53. The summed E-state index contributed by atoms with van der Waals surface area (Å²) < 4.78 is 16.1. The van der Waals surface area contributed by atoms with Crippen LogP contribution in [-0.2, 0) is 7.05 Å². The minimum absolute atomic E-state index is 0.0527. The van der Waals surface area contributed by atoms with Gasteiger partial charge in [0.15, 0.2) is 0 Å². The average Bonchev–Trinajstić information content (AvgIpc) is 3.29. The van der Waals surface area contributed by atoms with Crippen molar-refractivity contribution < 1.29 is 4.39 Å². The van der Waals surface area contributed by atoms with Crippen molar-refractivity contribution in [1.29, 1.82) is 5.26 Å². The lowest BCUT2D eigenvalue weighted by atomic mass is 9.98. The Morgan fingerprint density at radius 3 is 2.64 bits per heavy atom. The van der Waals surface area contributed by atoms with Gasteiger partial charge in [-0.1, -0.05) is 12.1 Å². The first-order valence-corrected chi connectivity index (χ1v) is 10.9. The van der Waals surface area contributed by atoms with Crippen molar-refractivity contribution in [3.05, 3.63) is 70.4 Å². The zero-order chi connectivity index (χ0) is 23.1. The summed E-state index contributed by atoms with van der Waals surface area (Å²) >= 11 is 0. The monoisotopic (exact) mass is 442 g/mol. The summed E-state index contributed by atoms with van der Waals surface area (Å²) in [5.74, 6) is -0.117. The van der Waals surface area contributed by atoms with Gasteiger partial charge in [0.1, 0.15) is 11.9 Å². The van der Waals surface area contributed by atoms with Gasteiger partial charge in [0, 0.05) is 43.5 Å². The molecule has 0 saturated carbocycles. The molecule has 0 amide bonds. The molecular formula is C25H23FN6O. The molecule has 1 aliphatic rings. The molecule has 5 rings (SSSR count). The van der Waals surface area contributed by atoms with E-state index < -0.39 is 5.82 Å². The first kappa shape index (κ1) is 20.9. The topological polar surface area (TPSA) is 104 Å².